The minimum atomic E-state index is -0.537. The van der Waals surface area contributed by atoms with Gasteiger partial charge in [0.25, 0.3) is 5.91 Å². The summed E-state index contributed by atoms with van der Waals surface area (Å²) < 4.78 is 5.71. The maximum Gasteiger partial charge on any atom is 0.255 e. The number of primary amides is 1. The fraction of sp³-hybridized carbons (Fsp3) is 0.222. The molecule has 2 rings (SSSR count). The van der Waals surface area contributed by atoms with E-state index in [1.54, 1.807) is 42.5 Å². The molecule has 0 aromatic heterocycles. The molecule has 0 saturated carbocycles. The van der Waals surface area contributed by atoms with Gasteiger partial charge in [-0.2, -0.15) is 0 Å². The van der Waals surface area contributed by atoms with Crippen molar-refractivity contribution >= 4 is 17.5 Å². The van der Waals surface area contributed by atoms with Gasteiger partial charge in [0.2, 0.25) is 5.91 Å². The Labute approximate surface area is 135 Å². The summed E-state index contributed by atoms with van der Waals surface area (Å²) in [4.78, 5) is 23.5. The van der Waals surface area contributed by atoms with Crippen LogP contribution in [-0.4, -0.2) is 17.9 Å². The molecule has 2 aromatic carbocycles. The highest BCUT2D eigenvalue weighted by molar-refractivity contribution is 6.05. The first kappa shape index (κ1) is 16.5. The van der Waals surface area contributed by atoms with Gasteiger partial charge in [-0.25, -0.2) is 0 Å². The van der Waals surface area contributed by atoms with Crippen molar-refractivity contribution in [2.75, 3.05) is 5.32 Å². The first-order valence-corrected chi connectivity index (χ1v) is 7.47. The molecular formula is C18H20N2O3. The maximum atomic E-state index is 12.3. The minimum Gasteiger partial charge on any atom is -0.491 e. The van der Waals surface area contributed by atoms with Crippen molar-refractivity contribution in [3.8, 4) is 5.75 Å². The second-order valence-corrected chi connectivity index (χ2v) is 5.26. The van der Waals surface area contributed by atoms with Crippen molar-refractivity contribution in [1.29, 1.82) is 0 Å². The monoisotopic (exact) mass is 312 g/mol. The molecule has 0 bridgehead atoms. The Balaban J connectivity index is 2.13. The minimum absolute atomic E-state index is 0.0839. The molecule has 2 aromatic rings. The average molecular weight is 312 g/mol. The third-order valence-electron chi connectivity index (χ3n) is 3.41. The zero-order chi connectivity index (χ0) is 16.8. The highest BCUT2D eigenvalue weighted by atomic mass is 16.5. The summed E-state index contributed by atoms with van der Waals surface area (Å²) in [7, 11) is 0. The first-order valence-electron chi connectivity index (χ1n) is 7.47. The van der Waals surface area contributed by atoms with Crippen LogP contribution in [0.1, 0.15) is 41.0 Å². The first-order chi connectivity index (χ1) is 11.0. The Bertz CT molecular complexity index is 713. The molecule has 5 heteroatoms. The molecular weight excluding hydrogens is 292 g/mol. The lowest BCUT2D eigenvalue weighted by Crippen LogP contribution is -2.15. The van der Waals surface area contributed by atoms with Crippen LogP contribution in [0.2, 0.25) is 0 Å². The number of anilines is 1. The van der Waals surface area contributed by atoms with Crippen molar-refractivity contribution < 1.29 is 14.3 Å². The molecule has 1 atom stereocenters. The van der Waals surface area contributed by atoms with E-state index in [4.69, 9.17) is 10.5 Å². The van der Waals surface area contributed by atoms with Crippen molar-refractivity contribution in [3.63, 3.8) is 0 Å². The molecule has 0 fully saturated rings. The second kappa shape index (κ2) is 7.45. The summed E-state index contributed by atoms with van der Waals surface area (Å²) in [6.45, 7) is 4.01. The van der Waals surface area contributed by atoms with Crippen LogP contribution in [0.25, 0.3) is 0 Å². The highest BCUT2D eigenvalue weighted by Gasteiger charge is 2.10. The molecule has 0 spiro atoms. The molecule has 23 heavy (non-hydrogen) atoms. The van der Waals surface area contributed by atoms with Crippen LogP contribution >= 0.6 is 0 Å². The number of nitrogens with one attached hydrogen (secondary N) is 1. The Kier molecular flexibility index (Phi) is 5.36. The van der Waals surface area contributed by atoms with Gasteiger partial charge in [0.05, 0.1) is 6.10 Å². The number of nitrogens with two attached hydrogens (primary N) is 1. The van der Waals surface area contributed by atoms with Gasteiger partial charge in [-0.15, -0.1) is 0 Å². The number of ether oxygens (including phenoxy) is 1. The lowest BCUT2D eigenvalue weighted by molar-refractivity contribution is 0.0996. The summed E-state index contributed by atoms with van der Waals surface area (Å²) in [6, 6.07) is 13.5. The average Bonchev–Trinajstić information content (AvgIpc) is 2.55. The van der Waals surface area contributed by atoms with E-state index in [1.165, 1.54) is 0 Å². The van der Waals surface area contributed by atoms with Gasteiger partial charge < -0.3 is 15.8 Å². The van der Waals surface area contributed by atoms with Gasteiger partial charge in [-0.1, -0.05) is 19.1 Å². The van der Waals surface area contributed by atoms with E-state index >= 15 is 0 Å². The van der Waals surface area contributed by atoms with Gasteiger partial charge >= 0.3 is 0 Å². The van der Waals surface area contributed by atoms with Crippen LogP contribution in [0.3, 0.4) is 0 Å². The zero-order valence-corrected chi connectivity index (χ0v) is 13.2. The maximum absolute atomic E-state index is 12.3. The summed E-state index contributed by atoms with van der Waals surface area (Å²) in [5.74, 6) is -0.163. The molecule has 3 N–H and O–H groups in total. The van der Waals surface area contributed by atoms with Crippen molar-refractivity contribution in [2.24, 2.45) is 5.73 Å². The van der Waals surface area contributed by atoms with E-state index in [9.17, 15) is 9.59 Å². The topological polar surface area (TPSA) is 81.4 Å². The van der Waals surface area contributed by atoms with Crippen LogP contribution < -0.4 is 15.8 Å². The van der Waals surface area contributed by atoms with Crippen molar-refractivity contribution in [2.45, 2.75) is 26.4 Å². The predicted molar refractivity (Wildman–Crippen MR) is 89.7 cm³/mol. The van der Waals surface area contributed by atoms with Crippen LogP contribution in [0.15, 0.2) is 48.5 Å². The van der Waals surface area contributed by atoms with Crippen molar-refractivity contribution in [3.05, 3.63) is 59.7 Å². The van der Waals surface area contributed by atoms with Gasteiger partial charge in [0.15, 0.2) is 0 Å². The molecule has 0 heterocycles. The fourth-order valence-corrected chi connectivity index (χ4v) is 1.98. The molecule has 0 saturated heterocycles. The summed E-state index contributed by atoms with van der Waals surface area (Å²) in [5.41, 5.74) is 6.58. The van der Waals surface area contributed by atoms with E-state index in [-0.39, 0.29) is 12.0 Å². The number of carbonyl (C=O) groups excluding carboxylic acids is 2. The third-order valence-corrected chi connectivity index (χ3v) is 3.41. The normalized spacial score (nSPS) is 11.6. The van der Waals surface area contributed by atoms with E-state index in [2.05, 4.69) is 5.32 Å². The number of benzene rings is 2. The van der Waals surface area contributed by atoms with Gasteiger partial charge in [-0.3, -0.25) is 9.59 Å². The smallest absolute Gasteiger partial charge is 0.255 e. The third kappa shape index (κ3) is 4.57. The highest BCUT2D eigenvalue weighted by Crippen LogP contribution is 2.18. The molecule has 0 radical (unpaired) electrons. The number of rotatable bonds is 6. The molecule has 0 aliphatic rings. The zero-order valence-electron chi connectivity index (χ0n) is 13.2. The van der Waals surface area contributed by atoms with Gasteiger partial charge in [0, 0.05) is 16.8 Å². The molecule has 0 aliphatic carbocycles. The van der Waals surface area contributed by atoms with Crippen LogP contribution in [0, 0.1) is 0 Å². The Morgan fingerprint density at radius 3 is 2.52 bits per heavy atom. The van der Waals surface area contributed by atoms with E-state index in [1.807, 2.05) is 19.9 Å². The second-order valence-electron chi connectivity index (χ2n) is 5.26. The van der Waals surface area contributed by atoms with Gasteiger partial charge in [-0.05, 0) is 49.7 Å². The molecule has 120 valence electrons. The van der Waals surface area contributed by atoms with Crippen LogP contribution in [0.5, 0.6) is 5.75 Å². The van der Waals surface area contributed by atoms with Crippen molar-refractivity contribution in [1.82, 2.24) is 0 Å². The Hall–Kier alpha value is -2.82. The SMILES string of the molecule is CCC(C)Oc1cccc(C(=O)Nc2cccc(C(N)=O)c2)c1. The lowest BCUT2D eigenvalue weighted by atomic mass is 10.1. The van der Waals surface area contributed by atoms with Crippen LogP contribution in [0.4, 0.5) is 5.69 Å². The largest absolute Gasteiger partial charge is 0.491 e. The summed E-state index contributed by atoms with van der Waals surface area (Å²) in [6.07, 6.45) is 0.969. The Morgan fingerprint density at radius 2 is 1.83 bits per heavy atom. The molecule has 1 unspecified atom stereocenters. The molecule has 0 aliphatic heterocycles. The van der Waals surface area contributed by atoms with E-state index in [0.29, 0.717) is 22.6 Å². The molecule has 2 amide bonds. The standard InChI is InChI=1S/C18H20N2O3/c1-3-12(2)23-16-9-5-7-14(11-16)18(22)20-15-8-4-6-13(10-15)17(19)21/h4-12H,3H2,1-2H3,(H2,19,21)(H,20,22). The Morgan fingerprint density at radius 1 is 1.13 bits per heavy atom. The lowest BCUT2D eigenvalue weighted by Gasteiger charge is -2.13. The number of hydrogen-bond donors (Lipinski definition) is 2. The summed E-state index contributed by atoms with van der Waals surface area (Å²) in [5, 5.41) is 2.75. The van der Waals surface area contributed by atoms with E-state index < -0.39 is 5.91 Å². The molecule has 5 nitrogen and oxygen atoms in total. The predicted octanol–water partition coefficient (Wildman–Crippen LogP) is 3.22. The fourth-order valence-electron chi connectivity index (χ4n) is 1.98. The van der Waals surface area contributed by atoms with E-state index in [0.717, 1.165) is 6.42 Å². The number of hydrogen-bond acceptors (Lipinski definition) is 3. The quantitative estimate of drug-likeness (QED) is 0.859. The summed E-state index contributed by atoms with van der Waals surface area (Å²) >= 11 is 0. The van der Waals surface area contributed by atoms with Gasteiger partial charge in [0.1, 0.15) is 5.75 Å². The number of carbonyl (C=O) groups is 2. The van der Waals surface area contributed by atoms with Crippen LogP contribution in [-0.2, 0) is 0 Å². The number of amides is 2.